The number of carbonyl (C=O) groups excluding carboxylic acids is 1. The molecular weight excluding hydrogens is 383 g/mol. The van der Waals surface area contributed by atoms with Crippen molar-refractivity contribution in [3.05, 3.63) is 65.5 Å². The molecule has 0 saturated carbocycles. The maximum Gasteiger partial charge on any atom is 0.253 e. The number of piperidine rings is 1. The molecule has 0 atom stereocenters. The van der Waals surface area contributed by atoms with Crippen LogP contribution in [0, 0.1) is 0 Å². The van der Waals surface area contributed by atoms with Crippen molar-refractivity contribution in [1.82, 2.24) is 14.8 Å². The number of nitrogens with two attached hydrogens (primary N) is 1. The molecule has 2 aromatic rings. The summed E-state index contributed by atoms with van der Waals surface area (Å²) in [4.78, 5) is 21.2. The Balaban J connectivity index is 0.00000182. The summed E-state index contributed by atoms with van der Waals surface area (Å²) >= 11 is 0. The van der Waals surface area contributed by atoms with Crippen LogP contribution in [0.4, 0.5) is 0 Å². The molecule has 27 heavy (non-hydrogen) atoms. The molecule has 2 N–H and O–H groups in total. The second-order valence-electron chi connectivity index (χ2n) is 6.65. The van der Waals surface area contributed by atoms with Crippen LogP contribution in [0.5, 0.6) is 0 Å². The molecule has 0 radical (unpaired) electrons. The van der Waals surface area contributed by atoms with E-state index in [1.165, 1.54) is 5.56 Å². The molecule has 148 valence electrons. The molecule has 0 aliphatic carbocycles. The molecule has 1 amide bonds. The average Bonchev–Trinajstić information content (AvgIpc) is 2.68. The Bertz CT molecular complexity index is 706. The van der Waals surface area contributed by atoms with Crippen molar-refractivity contribution in [2.45, 2.75) is 32.0 Å². The lowest BCUT2D eigenvalue weighted by Gasteiger charge is -2.36. The van der Waals surface area contributed by atoms with Gasteiger partial charge < -0.3 is 10.6 Å². The normalized spacial score (nSPS) is 14.7. The summed E-state index contributed by atoms with van der Waals surface area (Å²) in [6, 6.07) is 14.4. The molecule has 1 saturated heterocycles. The third kappa shape index (κ3) is 6.18. The topological polar surface area (TPSA) is 62.5 Å². The van der Waals surface area contributed by atoms with Gasteiger partial charge in [-0.25, -0.2) is 0 Å². The van der Waals surface area contributed by atoms with Crippen molar-refractivity contribution in [3.63, 3.8) is 0 Å². The summed E-state index contributed by atoms with van der Waals surface area (Å²) in [5.41, 5.74) is 8.39. The van der Waals surface area contributed by atoms with Crippen LogP contribution in [-0.4, -0.2) is 46.9 Å². The van der Waals surface area contributed by atoms with E-state index < -0.39 is 0 Å². The fourth-order valence-corrected chi connectivity index (χ4v) is 3.40. The Morgan fingerprint density at radius 2 is 1.85 bits per heavy atom. The number of pyridine rings is 1. The highest BCUT2D eigenvalue weighted by atomic mass is 35.5. The van der Waals surface area contributed by atoms with Gasteiger partial charge in [0.25, 0.3) is 5.91 Å². The van der Waals surface area contributed by atoms with Crippen molar-refractivity contribution in [2.75, 3.05) is 20.1 Å². The zero-order valence-electron chi connectivity index (χ0n) is 15.6. The van der Waals surface area contributed by atoms with Crippen LogP contribution in [0.1, 0.15) is 34.5 Å². The number of hydrogen-bond donors (Lipinski definition) is 1. The Morgan fingerprint density at radius 3 is 2.48 bits per heavy atom. The van der Waals surface area contributed by atoms with Gasteiger partial charge in [-0.3, -0.25) is 14.7 Å². The molecule has 2 heterocycles. The third-order valence-corrected chi connectivity index (χ3v) is 4.95. The van der Waals surface area contributed by atoms with E-state index in [9.17, 15) is 4.79 Å². The quantitative estimate of drug-likeness (QED) is 0.821. The smallest absolute Gasteiger partial charge is 0.253 e. The first kappa shape index (κ1) is 23.4. The number of rotatable bonds is 5. The van der Waals surface area contributed by atoms with Crippen molar-refractivity contribution in [1.29, 1.82) is 0 Å². The molecule has 3 rings (SSSR count). The highest BCUT2D eigenvalue weighted by molar-refractivity contribution is 5.94. The van der Waals surface area contributed by atoms with Crippen molar-refractivity contribution in [2.24, 2.45) is 5.73 Å². The second kappa shape index (κ2) is 11.2. The number of halogens is 2. The largest absolute Gasteiger partial charge is 0.339 e. The lowest BCUT2D eigenvalue weighted by Crippen LogP contribution is -2.45. The summed E-state index contributed by atoms with van der Waals surface area (Å²) in [7, 11) is 1.91. The molecule has 1 aromatic heterocycles. The van der Waals surface area contributed by atoms with Crippen molar-refractivity contribution < 1.29 is 4.79 Å². The zero-order chi connectivity index (χ0) is 17.6. The molecule has 5 nitrogen and oxygen atoms in total. The van der Waals surface area contributed by atoms with Crippen molar-refractivity contribution >= 4 is 30.7 Å². The monoisotopic (exact) mass is 410 g/mol. The zero-order valence-corrected chi connectivity index (χ0v) is 17.2. The minimum absolute atomic E-state index is 0. The highest BCUT2D eigenvalue weighted by Crippen LogP contribution is 2.19. The maximum absolute atomic E-state index is 12.7. The Morgan fingerprint density at radius 1 is 1.19 bits per heavy atom. The minimum atomic E-state index is 0. The van der Waals surface area contributed by atoms with Gasteiger partial charge in [-0.1, -0.05) is 30.3 Å². The van der Waals surface area contributed by atoms with Gasteiger partial charge in [-0.15, -0.1) is 24.8 Å². The summed E-state index contributed by atoms with van der Waals surface area (Å²) < 4.78 is 0. The number of likely N-dealkylation sites (tertiary alicyclic amines) is 1. The predicted octanol–water partition coefficient (Wildman–Crippen LogP) is 3.12. The molecule has 1 aliphatic rings. The van der Waals surface area contributed by atoms with Crippen LogP contribution in [0.3, 0.4) is 0 Å². The third-order valence-electron chi connectivity index (χ3n) is 4.95. The van der Waals surface area contributed by atoms with Gasteiger partial charge >= 0.3 is 0 Å². The predicted molar refractivity (Wildman–Crippen MR) is 113 cm³/mol. The summed E-state index contributed by atoms with van der Waals surface area (Å²) in [5.74, 6) is 0.0543. The minimum Gasteiger partial charge on any atom is -0.339 e. The fourth-order valence-electron chi connectivity index (χ4n) is 3.40. The maximum atomic E-state index is 12.7. The standard InChI is InChI=1S/C20H26N4O.2ClH/c1-23(20(25)17-7-10-22-18(13-17)14-21)19-8-11-24(12-9-19)15-16-5-3-2-4-6-16;;/h2-7,10,13,19H,8-9,11-12,14-15,21H2,1H3;2*1H. The number of benzene rings is 1. The number of nitrogens with zero attached hydrogens (tertiary/aromatic N) is 3. The number of aromatic nitrogens is 1. The van der Waals surface area contributed by atoms with Crippen LogP contribution in [-0.2, 0) is 13.1 Å². The van der Waals surface area contributed by atoms with E-state index in [2.05, 4.69) is 34.1 Å². The first-order chi connectivity index (χ1) is 12.2. The molecule has 0 bridgehead atoms. The van der Waals surface area contributed by atoms with Crippen molar-refractivity contribution in [3.8, 4) is 0 Å². The SMILES string of the molecule is CN(C(=O)c1ccnc(CN)c1)C1CCN(Cc2ccccc2)CC1.Cl.Cl. The van der Waals surface area contributed by atoms with Crippen LogP contribution >= 0.6 is 24.8 Å². The van der Waals surface area contributed by atoms with Crippen LogP contribution in [0.15, 0.2) is 48.7 Å². The molecule has 1 aromatic carbocycles. The Labute approximate surface area is 173 Å². The summed E-state index contributed by atoms with van der Waals surface area (Å²) in [5, 5.41) is 0. The molecule has 1 aliphatic heterocycles. The van der Waals surface area contributed by atoms with E-state index >= 15 is 0 Å². The van der Waals surface area contributed by atoms with E-state index in [1.54, 1.807) is 18.3 Å². The van der Waals surface area contributed by atoms with Gasteiger partial charge in [0.2, 0.25) is 0 Å². The first-order valence-electron chi connectivity index (χ1n) is 8.86. The van der Waals surface area contributed by atoms with E-state index in [-0.39, 0.29) is 36.8 Å². The summed E-state index contributed by atoms with van der Waals surface area (Å²) in [6.07, 6.45) is 3.67. The lowest BCUT2D eigenvalue weighted by atomic mass is 10.0. The van der Waals surface area contributed by atoms with Gasteiger partial charge in [0.15, 0.2) is 0 Å². The van der Waals surface area contributed by atoms with Crippen LogP contribution in [0.25, 0.3) is 0 Å². The lowest BCUT2D eigenvalue weighted by molar-refractivity contribution is 0.0636. The van der Waals surface area contributed by atoms with Crippen LogP contribution in [0.2, 0.25) is 0 Å². The van der Waals surface area contributed by atoms with Gasteiger partial charge in [0.05, 0.1) is 5.69 Å². The van der Waals surface area contributed by atoms with E-state index in [0.717, 1.165) is 38.2 Å². The number of hydrogen-bond acceptors (Lipinski definition) is 4. The van der Waals surface area contributed by atoms with Crippen LogP contribution < -0.4 is 5.73 Å². The molecule has 0 spiro atoms. The van der Waals surface area contributed by atoms with Gasteiger partial charge in [0, 0.05) is 51.0 Å². The molecule has 7 heteroatoms. The average molecular weight is 411 g/mol. The molecular formula is C20H28Cl2N4O. The molecule has 1 fully saturated rings. The van der Waals surface area contributed by atoms with E-state index in [4.69, 9.17) is 5.73 Å². The van der Waals surface area contributed by atoms with E-state index in [0.29, 0.717) is 12.1 Å². The second-order valence-corrected chi connectivity index (χ2v) is 6.65. The van der Waals surface area contributed by atoms with Gasteiger partial charge in [-0.05, 0) is 30.5 Å². The highest BCUT2D eigenvalue weighted by Gasteiger charge is 2.26. The summed E-state index contributed by atoms with van der Waals surface area (Å²) in [6.45, 7) is 3.36. The molecule has 0 unspecified atom stereocenters. The van der Waals surface area contributed by atoms with Gasteiger partial charge in [0.1, 0.15) is 0 Å². The van der Waals surface area contributed by atoms with Gasteiger partial charge in [-0.2, -0.15) is 0 Å². The fraction of sp³-hybridized carbons (Fsp3) is 0.400. The van der Waals surface area contributed by atoms with E-state index in [1.807, 2.05) is 18.0 Å². The first-order valence-corrected chi connectivity index (χ1v) is 8.86. The Hall–Kier alpha value is -1.66. The number of carbonyl (C=O) groups is 1. The Kier molecular flexibility index (Phi) is 9.74. The number of amides is 1.